The zero-order valence-corrected chi connectivity index (χ0v) is 16.8. The maximum Gasteiger partial charge on any atom is 0.257 e. The van der Waals surface area contributed by atoms with E-state index in [1.54, 1.807) is 0 Å². The lowest BCUT2D eigenvalue weighted by Crippen LogP contribution is -2.44. The van der Waals surface area contributed by atoms with Crippen molar-refractivity contribution in [1.29, 1.82) is 0 Å². The van der Waals surface area contributed by atoms with E-state index < -0.39 is 0 Å². The Morgan fingerprint density at radius 2 is 1.93 bits per heavy atom. The molecule has 1 unspecified atom stereocenters. The van der Waals surface area contributed by atoms with Gasteiger partial charge in [-0.1, -0.05) is 35.5 Å². The van der Waals surface area contributed by atoms with Crippen molar-refractivity contribution in [2.45, 2.75) is 16.7 Å². The van der Waals surface area contributed by atoms with Crippen LogP contribution in [0, 0.1) is 0 Å². The molecule has 1 saturated heterocycles. The van der Waals surface area contributed by atoms with Gasteiger partial charge >= 0.3 is 0 Å². The van der Waals surface area contributed by atoms with E-state index in [1.807, 2.05) is 17.8 Å². The number of hydrogen-bond donors (Lipinski definition) is 1. The van der Waals surface area contributed by atoms with Crippen LogP contribution in [-0.4, -0.2) is 41.7 Å². The second-order valence-corrected chi connectivity index (χ2v) is 7.51. The Morgan fingerprint density at radius 3 is 2.67 bits per heavy atom. The molecular weight excluding hydrogens is 380 g/mol. The van der Waals surface area contributed by atoms with Crippen molar-refractivity contribution in [3.05, 3.63) is 66.0 Å². The van der Waals surface area contributed by atoms with E-state index in [9.17, 15) is 0 Å². The maximum absolute atomic E-state index is 5.50. The molecule has 5 nitrogen and oxygen atoms in total. The van der Waals surface area contributed by atoms with Crippen molar-refractivity contribution in [2.24, 2.45) is 0 Å². The largest absolute Gasteiger partial charge is 0.334 e. The van der Waals surface area contributed by atoms with Crippen LogP contribution in [0.15, 0.2) is 64.0 Å². The number of hydrogen-bond acceptors (Lipinski definition) is 6. The highest BCUT2D eigenvalue weighted by Crippen LogP contribution is 2.26. The third-order valence-electron chi connectivity index (χ3n) is 4.60. The summed E-state index contributed by atoms with van der Waals surface area (Å²) < 4.78 is 5.50. The number of benzene rings is 2. The van der Waals surface area contributed by atoms with Gasteiger partial charge in [-0.05, 0) is 36.9 Å². The average molecular weight is 403 g/mol. The van der Waals surface area contributed by atoms with Crippen LogP contribution in [0.2, 0.25) is 0 Å². The summed E-state index contributed by atoms with van der Waals surface area (Å²) in [6, 6.07) is 19.0. The normalized spacial score (nSPS) is 17.4. The van der Waals surface area contributed by atoms with Crippen molar-refractivity contribution in [3.63, 3.8) is 0 Å². The van der Waals surface area contributed by atoms with Crippen LogP contribution in [0.4, 0.5) is 0 Å². The Hall–Kier alpha value is -1.86. The van der Waals surface area contributed by atoms with Crippen molar-refractivity contribution >= 4 is 24.2 Å². The summed E-state index contributed by atoms with van der Waals surface area (Å²) in [4.78, 5) is 8.15. The fraction of sp³-hybridized carbons (Fsp3) is 0.300. The zero-order valence-electron chi connectivity index (χ0n) is 15.2. The lowest BCUT2D eigenvalue weighted by molar-refractivity contribution is 0.190. The third-order valence-corrected chi connectivity index (χ3v) is 5.68. The van der Waals surface area contributed by atoms with E-state index in [-0.39, 0.29) is 18.4 Å². The van der Waals surface area contributed by atoms with Crippen LogP contribution < -0.4 is 5.32 Å². The summed E-state index contributed by atoms with van der Waals surface area (Å²) in [6.45, 7) is 2.84. The average Bonchev–Trinajstić information content (AvgIpc) is 3.18. The molecule has 0 bridgehead atoms. The lowest BCUT2D eigenvalue weighted by Gasteiger charge is -2.30. The molecule has 3 aromatic rings. The summed E-state index contributed by atoms with van der Waals surface area (Å²) in [5, 5.41) is 7.58. The Bertz CT molecular complexity index is 841. The SMILES string of the molecule is CN1CCNCC1c1noc(-c2ccc(CSc3ccccc3)cc2)n1.Cl. The highest BCUT2D eigenvalue weighted by molar-refractivity contribution is 7.98. The Balaban J connectivity index is 0.00000210. The van der Waals surface area contributed by atoms with Gasteiger partial charge in [-0.25, -0.2) is 0 Å². The molecule has 1 aromatic heterocycles. The lowest BCUT2D eigenvalue weighted by atomic mass is 10.1. The Morgan fingerprint density at radius 1 is 1.15 bits per heavy atom. The maximum atomic E-state index is 5.50. The molecule has 142 valence electrons. The predicted octanol–water partition coefficient (Wildman–Crippen LogP) is 4.03. The number of nitrogens with zero attached hydrogens (tertiary/aromatic N) is 3. The molecule has 0 radical (unpaired) electrons. The molecule has 1 fully saturated rings. The van der Waals surface area contributed by atoms with Crippen LogP contribution in [0.5, 0.6) is 0 Å². The summed E-state index contributed by atoms with van der Waals surface area (Å²) >= 11 is 1.83. The van der Waals surface area contributed by atoms with Gasteiger partial charge in [0.1, 0.15) is 0 Å². The minimum absolute atomic E-state index is 0. The molecule has 2 heterocycles. The molecule has 1 aliphatic rings. The molecule has 0 amide bonds. The second-order valence-electron chi connectivity index (χ2n) is 6.46. The molecule has 7 heteroatoms. The molecule has 0 spiro atoms. The van der Waals surface area contributed by atoms with E-state index in [2.05, 4.69) is 75.9 Å². The van der Waals surface area contributed by atoms with E-state index in [0.29, 0.717) is 5.89 Å². The first kappa shape index (κ1) is 19.9. The van der Waals surface area contributed by atoms with Crippen LogP contribution in [0.1, 0.15) is 17.4 Å². The van der Waals surface area contributed by atoms with Gasteiger partial charge in [0.05, 0.1) is 6.04 Å². The molecule has 2 aromatic carbocycles. The number of aromatic nitrogens is 2. The van der Waals surface area contributed by atoms with Gasteiger partial charge < -0.3 is 9.84 Å². The van der Waals surface area contributed by atoms with E-state index in [4.69, 9.17) is 4.52 Å². The van der Waals surface area contributed by atoms with E-state index in [0.717, 1.165) is 36.8 Å². The minimum atomic E-state index is 0. The second kappa shape index (κ2) is 9.37. The van der Waals surface area contributed by atoms with Gasteiger partial charge in [0.15, 0.2) is 5.82 Å². The molecule has 27 heavy (non-hydrogen) atoms. The predicted molar refractivity (Wildman–Crippen MR) is 111 cm³/mol. The van der Waals surface area contributed by atoms with Gasteiger partial charge in [0, 0.05) is 35.8 Å². The molecule has 4 rings (SSSR count). The topological polar surface area (TPSA) is 54.2 Å². The summed E-state index contributed by atoms with van der Waals surface area (Å²) in [6.07, 6.45) is 0. The van der Waals surface area contributed by atoms with Crippen molar-refractivity contribution in [2.75, 3.05) is 26.7 Å². The van der Waals surface area contributed by atoms with Crippen molar-refractivity contribution < 1.29 is 4.52 Å². The first-order chi connectivity index (χ1) is 12.8. The van der Waals surface area contributed by atoms with Gasteiger partial charge in [0.25, 0.3) is 5.89 Å². The molecular formula is C20H23ClN4OS. The monoisotopic (exact) mass is 402 g/mol. The zero-order chi connectivity index (χ0) is 17.8. The highest BCUT2D eigenvalue weighted by atomic mass is 35.5. The van der Waals surface area contributed by atoms with Crippen LogP contribution in [0.25, 0.3) is 11.5 Å². The van der Waals surface area contributed by atoms with Crippen LogP contribution >= 0.6 is 24.2 Å². The number of nitrogens with one attached hydrogen (secondary N) is 1. The summed E-state index contributed by atoms with van der Waals surface area (Å²) in [5.74, 6) is 2.28. The summed E-state index contributed by atoms with van der Waals surface area (Å²) in [5.41, 5.74) is 2.24. The fourth-order valence-corrected chi connectivity index (χ4v) is 3.88. The molecule has 1 N–H and O–H groups in total. The number of rotatable bonds is 5. The number of piperazine rings is 1. The smallest absolute Gasteiger partial charge is 0.257 e. The number of thioether (sulfide) groups is 1. The quantitative estimate of drug-likeness (QED) is 0.650. The van der Waals surface area contributed by atoms with Crippen molar-refractivity contribution in [3.8, 4) is 11.5 Å². The van der Waals surface area contributed by atoms with Crippen LogP contribution in [-0.2, 0) is 5.75 Å². The Kier molecular flexibility index (Phi) is 6.90. The molecule has 1 atom stereocenters. The van der Waals surface area contributed by atoms with Gasteiger partial charge in [0.2, 0.25) is 0 Å². The first-order valence-electron chi connectivity index (χ1n) is 8.81. The van der Waals surface area contributed by atoms with Crippen LogP contribution in [0.3, 0.4) is 0 Å². The highest BCUT2D eigenvalue weighted by Gasteiger charge is 2.25. The molecule has 0 aliphatic carbocycles. The van der Waals surface area contributed by atoms with Gasteiger partial charge in [-0.2, -0.15) is 4.98 Å². The van der Waals surface area contributed by atoms with Crippen molar-refractivity contribution in [1.82, 2.24) is 20.4 Å². The summed E-state index contributed by atoms with van der Waals surface area (Å²) in [7, 11) is 2.10. The van der Waals surface area contributed by atoms with Gasteiger partial charge in [-0.15, -0.1) is 24.2 Å². The standard InChI is InChI=1S/C20H22N4OS.ClH/c1-24-12-11-21-13-18(24)19-22-20(25-23-19)16-9-7-15(8-10-16)14-26-17-5-3-2-4-6-17;/h2-10,18,21H,11-14H2,1H3;1H. The van der Waals surface area contributed by atoms with Gasteiger partial charge in [-0.3, -0.25) is 4.90 Å². The number of halogens is 1. The number of likely N-dealkylation sites (N-methyl/N-ethyl adjacent to an activating group) is 1. The Labute approximate surface area is 170 Å². The van der Waals surface area contributed by atoms with E-state index >= 15 is 0 Å². The molecule has 1 aliphatic heterocycles. The first-order valence-corrected chi connectivity index (χ1v) is 9.80. The minimum Gasteiger partial charge on any atom is -0.334 e. The fourth-order valence-electron chi connectivity index (χ4n) is 3.01. The third kappa shape index (κ3) is 4.90. The molecule has 0 saturated carbocycles. The van der Waals surface area contributed by atoms with E-state index in [1.165, 1.54) is 10.5 Å².